The molecule has 1 heteroatoms. The van der Waals surface area contributed by atoms with Gasteiger partial charge in [-0.05, 0) is 0 Å². The molecule has 0 aliphatic rings. The van der Waals surface area contributed by atoms with Crippen LogP contribution >= 0.6 is 0 Å². The van der Waals surface area contributed by atoms with Gasteiger partial charge in [0.1, 0.15) is 0 Å². The van der Waals surface area contributed by atoms with Crippen LogP contribution in [0.15, 0.2) is 54.6 Å². The van der Waals surface area contributed by atoms with Crippen molar-refractivity contribution >= 4 is 21.5 Å². The quantitative estimate of drug-likeness (QED) is 0.538. The largest absolute Gasteiger partial charge is 2.00 e. The standard InChI is InChI=1S/C13H9.Zr/c1-3-7-12-10(5-1)9-11-6-2-4-8-13(11)12;/h1-9H;/q-1;+2. The van der Waals surface area contributed by atoms with E-state index in [-0.39, 0.29) is 26.2 Å². The third kappa shape index (κ3) is 1.36. The third-order valence-electron chi connectivity index (χ3n) is 2.52. The first kappa shape index (κ1) is 9.74. The topological polar surface area (TPSA) is 0 Å². The Balaban J connectivity index is 0.000000750. The monoisotopic (exact) mass is 255 g/mol. The molecule has 0 atom stereocenters. The van der Waals surface area contributed by atoms with Crippen LogP contribution in [0.3, 0.4) is 0 Å². The molecule has 3 aromatic carbocycles. The Bertz CT molecular complexity index is 513. The first-order chi connectivity index (χ1) is 6.45. The molecule has 0 amide bonds. The van der Waals surface area contributed by atoms with Crippen molar-refractivity contribution in [1.82, 2.24) is 0 Å². The van der Waals surface area contributed by atoms with Crippen molar-refractivity contribution in [3.8, 4) is 0 Å². The molecule has 0 heterocycles. The van der Waals surface area contributed by atoms with Crippen LogP contribution < -0.4 is 0 Å². The van der Waals surface area contributed by atoms with Gasteiger partial charge in [0, 0.05) is 0 Å². The van der Waals surface area contributed by atoms with Crippen molar-refractivity contribution in [2.75, 3.05) is 0 Å². The Morgan fingerprint density at radius 1 is 0.643 bits per heavy atom. The van der Waals surface area contributed by atoms with Gasteiger partial charge in [-0.2, -0.15) is 0 Å². The summed E-state index contributed by atoms with van der Waals surface area (Å²) < 4.78 is 0. The number of fused-ring (bicyclic) bond motifs is 3. The van der Waals surface area contributed by atoms with Gasteiger partial charge < -0.3 is 0 Å². The van der Waals surface area contributed by atoms with Gasteiger partial charge in [0.25, 0.3) is 0 Å². The molecule has 0 nitrogen and oxygen atoms in total. The second kappa shape index (κ2) is 3.75. The molecular weight excluding hydrogens is 247 g/mol. The summed E-state index contributed by atoms with van der Waals surface area (Å²) in [5, 5.41) is 5.39. The SMILES string of the molecule is [Zr+2].c1ccc2c(c1)[cH-]c1ccccc12. The number of benzene rings is 2. The van der Waals surface area contributed by atoms with Gasteiger partial charge >= 0.3 is 26.2 Å². The maximum atomic E-state index is 2.24. The maximum Gasteiger partial charge on any atom is 2.00 e. The summed E-state index contributed by atoms with van der Waals surface area (Å²) in [4.78, 5) is 0. The van der Waals surface area contributed by atoms with E-state index in [2.05, 4.69) is 54.6 Å². The molecule has 0 fully saturated rings. The van der Waals surface area contributed by atoms with Crippen LogP contribution in [0.4, 0.5) is 0 Å². The van der Waals surface area contributed by atoms with Gasteiger partial charge in [-0.25, -0.2) is 0 Å². The van der Waals surface area contributed by atoms with Crippen molar-refractivity contribution in [3.63, 3.8) is 0 Å². The average molecular weight is 256 g/mol. The smallest absolute Gasteiger partial charge is 0.126 e. The third-order valence-corrected chi connectivity index (χ3v) is 2.52. The summed E-state index contributed by atoms with van der Waals surface area (Å²) in [6, 6.07) is 19.3. The van der Waals surface area contributed by atoms with E-state index < -0.39 is 0 Å². The van der Waals surface area contributed by atoms with Crippen LogP contribution in [0.25, 0.3) is 21.5 Å². The predicted octanol–water partition coefficient (Wildman–Crippen LogP) is 3.71. The van der Waals surface area contributed by atoms with E-state index in [9.17, 15) is 0 Å². The van der Waals surface area contributed by atoms with Gasteiger partial charge in [-0.3, -0.25) is 0 Å². The van der Waals surface area contributed by atoms with Gasteiger partial charge in [0.2, 0.25) is 0 Å². The summed E-state index contributed by atoms with van der Waals surface area (Å²) >= 11 is 0. The van der Waals surface area contributed by atoms with Gasteiger partial charge in [-0.15, -0.1) is 39.7 Å². The van der Waals surface area contributed by atoms with E-state index in [0.29, 0.717) is 0 Å². The summed E-state index contributed by atoms with van der Waals surface area (Å²) in [6.07, 6.45) is 0. The van der Waals surface area contributed by atoms with Crippen molar-refractivity contribution < 1.29 is 26.2 Å². The molecule has 0 aliphatic carbocycles. The van der Waals surface area contributed by atoms with Gasteiger partial charge in [-0.1, -0.05) is 36.4 Å². The molecule has 0 radical (unpaired) electrons. The van der Waals surface area contributed by atoms with E-state index in [1.54, 1.807) is 0 Å². The van der Waals surface area contributed by atoms with Crippen molar-refractivity contribution in [2.24, 2.45) is 0 Å². The Hall–Kier alpha value is -0.807. The van der Waals surface area contributed by atoms with Crippen LogP contribution in [0.1, 0.15) is 0 Å². The Morgan fingerprint density at radius 2 is 1.07 bits per heavy atom. The predicted molar refractivity (Wildman–Crippen MR) is 57.0 cm³/mol. The molecule has 64 valence electrons. The zero-order valence-electron chi connectivity index (χ0n) is 7.70. The maximum absolute atomic E-state index is 2.24. The van der Waals surface area contributed by atoms with E-state index >= 15 is 0 Å². The first-order valence-corrected chi connectivity index (χ1v) is 4.48. The second-order valence-electron chi connectivity index (χ2n) is 3.32. The molecule has 0 spiro atoms. The van der Waals surface area contributed by atoms with Crippen LogP contribution in [0.2, 0.25) is 0 Å². The van der Waals surface area contributed by atoms with Crippen LogP contribution in [0, 0.1) is 0 Å². The van der Waals surface area contributed by atoms with E-state index in [1.165, 1.54) is 21.5 Å². The molecular formula is C13H9Zr+. The summed E-state index contributed by atoms with van der Waals surface area (Å²) in [7, 11) is 0. The fraction of sp³-hybridized carbons (Fsp3) is 0. The number of hydrogen-bond donors (Lipinski definition) is 0. The molecule has 3 aromatic rings. The summed E-state index contributed by atoms with van der Waals surface area (Å²) in [5.41, 5.74) is 0. The normalized spacial score (nSPS) is 10.3. The van der Waals surface area contributed by atoms with E-state index in [4.69, 9.17) is 0 Å². The Labute approximate surface area is 102 Å². The molecule has 0 aliphatic heterocycles. The van der Waals surface area contributed by atoms with E-state index in [0.717, 1.165) is 0 Å². The summed E-state index contributed by atoms with van der Waals surface area (Å²) in [5.74, 6) is 0. The molecule has 3 rings (SSSR count). The van der Waals surface area contributed by atoms with E-state index in [1.807, 2.05) is 0 Å². The van der Waals surface area contributed by atoms with Crippen LogP contribution in [-0.2, 0) is 26.2 Å². The summed E-state index contributed by atoms with van der Waals surface area (Å²) in [6.45, 7) is 0. The molecule has 14 heavy (non-hydrogen) atoms. The van der Waals surface area contributed by atoms with Gasteiger partial charge in [0.05, 0.1) is 0 Å². The van der Waals surface area contributed by atoms with Crippen molar-refractivity contribution in [1.29, 1.82) is 0 Å². The molecule has 0 bridgehead atoms. The van der Waals surface area contributed by atoms with Crippen LogP contribution in [-0.4, -0.2) is 0 Å². The van der Waals surface area contributed by atoms with Crippen molar-refractivity contribution in [2.45, 2.75) is 0 Å². The van der Waals surface area contributed by atoms with Crippen molar-refractivity contribution in [3.05, 3.63) is 54.6 Å². The Kier molecular flexibility index (Phi) is 2.61. The minimum atomic E-state index is 0. The molecule has 0 aromatic heterocycles. The van der Waals surface area contributed by atoms with Gasteiger partial charge in [0.15, 0.2) is 0 Å². The second-order valence-corrected chi connectivity index (χ2v) is 3.32. The average Bonchev–Trinajstić information content (AvgIpc) is 2.56. The molecule has 0 saturated carbocycles. The zero-order valence-corrected chi connectivity index (χ0v) is 10.2. The molecule has 0 N–H and O–H groups in total. The number of hydrogen-bond acceptors (Lipinski definition) is 0. The fourth-order valence-corrected chi connectivity index (χ4v) is 1.90. The number of rotatable bonds is 0. The van der Waals surface area contributed by atoms with Crippen LogP contribution in [0.5, 0.6) is 0 Å². The zero-order chi connectivity index (χ0) is 8.67. The molecule has 0 unspecified atom stereocenters. The molecule has 0 saturated heterocycles. The minimum Gasteiger partial charge on any atom is -0.126 e. The fourth-order valence-electron chi connectivity index (χ4n) is 1.90. The Morgan fingerprint density at radius 3 is 1.57 bits per heavy atom. The minimum absolute atomic E-state index is 0. The first-order valence-electron chi connectivity index (χ1n) is 4.48.